The molecule has 0 aliphatic heterocycles. The van der Waals surface area contributed by atoms with Crippen molar-refractivity contribution in [3.63, 3.8) is 0 Å². The first-order valence-electron chi connectivity index (χ1n) is 5.80. The smallest absolute Gasteiger partial charge is 0.326 e. The first-order valence-corrected chi connectivity index (χ1v) is 5.80. The zero-order chi connectivity index (χ0) is 13.5. The highest BCUT2D eigenvalue weighted by Gasteiger charge is 2.22. The van der Waals surface area contributed by atoms with Gasteiger partial charge in [0.25, 0.3) is 0 Å². The highest BCUT2D eigenvalue weighted by atomic mass is 16.4. The third kappa shape index (κ3) is 4.48. The van der Waals surface area contributed by atoms with Crippen molar-refractivity contribution >= 4 is 12.0 Å². The van der Waals surface area contributed by atoms with E-state index in [9.17, 15) is 9.59 Å². The standard InChI is InChI=1S/C12H18N2O4/c1-8(2)10(11(15)16)14-12(17)13-6-5-9-4-3-7-18-9/h3-4,7-8,10H,5-6H2,1-2H3,(H,15,16)(H2,13,14,17). The molecule has 1 rings (SSSR count). The number of furan rings is 1. The fourth-order valence-electron chi connectivity index (χ4n) is 1.46. The summed E-state index contributed by atoms with van der Waals surface area (Å²) in [5.41, 5.74) is 0. The summed E-state index contributed by atoms with van der Waals surface area (Å²) < 4.78 is 5.11. The van der Waals surface area contributed by atoms with Gasteiger partial charge in [0, 0.05) is 13.0 Å². The maximum atomic E-state index is 11.5. The van der Waals surface area contributed by atoms with Crippen molar-refractivity contribution < 1.29 is 19.1 Å². The van der Waals surface area contributed by atoms with E-state index in [2.05, 4.69) is 10.6 Å². The summed E-state index contributed by atoms with van der Waals surface area (Å²) in [4.78, 5) is 22.4. The van der Waals surface area contributed by atoms with Crippen molar-refractivity contribution in [1.82, 2.24) is 10.6 Å². The number of carboxylic acid groups (broad SMARTS) is 1. The van der Waals surface area contributed by atoms with Gasteiger partial charge in [0.2, 0.25) is 0 Å². The number of carbonyl (C=O) groups is 2. The van der Waals surface area contributed by atoms with Crippen LogP contribution in [0.5, 0.6) is 0 Å². The molecule has 100 valence electrons. The van der Waals surface area contributed by atoms with Crippen LogP contribution < -0.4 is 10.6 Å². The second kappa shape index (κ2) is 6.68. The molecule has 1 aromatic heterocycles. The summed E-state index contributed by atoms with van der Waals surface area (Å²) in [7, 11) is 0. The number of rotatable bonds is 6. The second-order valence-electron chi connectivity index (χ2n) is 4.29. The summed E-state index contributed by atoms with van der Waals surface area (Å²) in [6.07, 6.45) is 2.13. The number of urea groups is 1. The van der Waals surface area contributed by atoms with Crippen LogP contribution in [-0.2, 0) is 11.2 Å². The third-order valence-electron chi connectivity index (χ3n) is 2.46. The molecular formula is C12H18N2O4. The summed E-state index contributed by atoms with van der Waals surface area (Å²) in [5, 5.41) is 13.9. The molecule has 1 atom stereocenters. The van der Waals surface area contributed by atoms with Gasteiger partial charge in [0.05, 0.1) is 6.26 Å². The van der Waals surface area contributed by atoms with Gasteiger partial charge in [-0.05, 0) is 18.1 Å². The largest absolute Gasteiger partial charge is 0.480 e. The molecule has 1 unspecified atom stereocenters. The molecule has 3 N–H and O–H groups in total. The number of nitrogens with one attached hydrogen (secondary N) is 2. The number of carbonyl (C=O) groups excluding carboxylic acids is 1. The Morgan fingerprint density at radius 3 is 2.67 bits per heavy atom. The van der Waals surface area contributed by atoms with Crippen LogP contribution in [0.15, 0.2) is 22.8 Å². The molecule has 1 heterocycles. The van der Waals surface area contributed by atoms with Gasteiger partial charge in [0.1, 0.15) is 11.8 Å². The lowest BCUT2D eigenvalue weighted by Gasteiger charge is -2.18. The van der Waals surface area contributed by atoms with E-state index in [1.165, 1.54) is 0 Å². The Bertz CT molecular complexity index is 387. The lowest BCUT2D eigenvalue weighted by Crippen LogP contribution is -2.48. The maximum absolute atomic E-state index is 11.5. The molecule has 0 bridgehead atoms. The van der Waals surface area contributed by atoms with E-state index >= 15 is 0 Å². The molecule has 0 saturated heterocycles. The predicted molar refractivity (Wildman–Crippen MR) is 65.2 cm³/mol. The molecule has 0 aliphatic rings. The van der Waals surface area contributed by atoms with Crippen LogP contribution in [0.2, 0.25) is 0 Å². The highest BCUT2D eigenvalue weighted by Crippen LogP contribution is 2.02. The number of aliphatic carboxylic acids is 1. The van der Waals surface area contributed by atoms with Gasteiger partial charge in [-0.2, -0.15) is 0 Å². The topological polar surface area (TPSA) is 91.6 Å². The minimum absolute atomic E-state index is 0.168. The normalized spacial score (nSPS) is 12.2. The van der Waals surface area contributed by atoms with Crippen LogP contribution in [0.3, 0.4) is 0 Å². The lowest BCUT2D eigenvalue weighted by atomic mass is 10.1. The van der Waals surface area contributed by atoms with Crippen molar-refractivity contribution in [3.8, 4) is 0 Å². The van der Waals surface area contributed by atoms with E-state index in [1.54, 1.807) is 26.2 Å². The minimum atomic E-state index is -1.04. The van der Waals surface area contributed by atoms with Crippen LogP contribution in [0.25, 0.3) is 0 Å². The molecule has 2 amide bonds. The molecular weight excluding hydrogens is 236 g/mol. The third-order valence-corrected chi connectivity index (χ3v) is 2.46. The van der Waals surface area contributed by atoms with Gasteiger partial charge < -0.3 is 20.2 Å². The van der Waals surface area contributed by atoms with Crippen molar-refractivity contribution in [1.29, 1.82) is 0 Å². The van der Waals surface area contributed by atoms with Crippen molar-refractivity contribution in [3.05, 3.63) is 24.2 Å². The highest BCUT2D eigenvalue weighted by molar-refractivity contribution is 5.82. The van der Waals surface area contributed by atoms with Crippen molar-refractivity contribution in [2.45, 2.75) is 26.3 Å². The Morgan fingerprint density at radius 1 is 1.44 bits per heavy atom. The van der Waals surface area contributed by atoms with Crippen LogP contribution in [0, 0.1) is 5.92 Å². The molecule has 0 saturated carbocycles. The molecule has 0 aromatic carbocycles. The van der Waals surface area contributed by atoms with Gasteiger partial charge in [-0.25, -0.2) is 9.59 Å². The molecule has 0 fully saturated rings. The Kier molecular flexibility index (Phi) is 5.23. The summed E-state index contributed by atoms with van der Waals surface area (Å²) in [6, 6.07) is 2.22. The van der Waals surface area contributed by atoms with Gasteiger partial charge >= 0.3 is 12.0 Å². The van der Waals surface area contributed by atoms with Gasteiger partial charge in [-0.1, -0.05) is 13.8 Å². The maximum Gasteiger partial charge on any atom is 0.326 e. The Hall–Kier alpha value is -1.98. The lowest BCUT2D eigenvalue weighted by molar-refractivity contribution is -0.140. The Morgan fingerprint density at radius 2 is 2.17 bits per heavy atom. The van der Waals surface area contributed by atoms with E-state index < -0.39 is 18.0 Å². The van der Waals surface area contributed by atoms with E-state index in [4.69, 9.17) is 9.52 Å². The number of carboxylic acids is 1. The second-order valence-corrected chi connectivity index (χ2v) is 4.29. The molecule has 0 aliphatic carbocycles. The van der Waals surface area contributed by atoms with Crippen LogP contribution in [0.4, 0.5) is 4.79 Å². The van der Waals surface area contributed by atoms with Crippen LogP contribution in [-0.4, -0.2) is 29.7 Å². The average Bonchev–Trinajstić information content (AvgIpc) is 2.78. The van der Waals surface area contributed by atoms with E-state index in [-0.39, 0.29) is 5.92 Å². The van der Waals surface area contributed by atoms with E-state index in [1.807, 2.05) is 6.07 Å². The fraction of sp³-hybridized carbons (Fsp3) is 0.500. The van der Waals surface area contributed by atoms with Crippen molar-refractivity contribution in [2.24, 2.45) is 5.92 Å². The van der Waals surface area contributed by atoms with E-state index in [0.717, 1.165) is 5.76 Å². The summed E-state index contributed by atoms with van der Waals surface area (Å²) >= 11 is 0. The van der Waals surface area contributed by atoms with Crippen LogP contribution >= 0.6 is 0 Å². The Balaban J connectivity index is 2.30. The van der Waals surface area contributed by atoms with Gasteiger partial charge in [-0.3, -0.25) is 0 Å². The van der Waals surface area contributed by atoms with E-state index in [0.29, 0.717) is 13.0 Å². The molecule has 6 heteroatoms. The quantitative estimate of drug-likeness (QED) is 0.712. The van der Waals surface area contributed by atoms with Gasteiger partial charge in [0.15, 0.2) is 0 Å². The first-order chi connectivity index (χ1) is 8.50. The Labute approximate surface area is 105 Å². The van der Waals surface area contributed by atoms with Crippen LogP contribution in [0.1, 0.15) is 19.6 Å². The summed E-state index contributed by atoms with van der Waals surface area (Å²) in [5.74, 6) is -0.432. The number of amides is 2. The zero-order valence-corrected chi connectivity index (χ0v) is 10.5. The number of hydrogen-bond acceptors (Lipinski definition) is 3. The average molecular weight is 254 g/mol. The number of hydrogen-bond donors (Lipinski definition) is 3. The molecule has 6 nitrogen and oxygen atoms in total. The molecule has 0 radical (unpaired) electrons. The van der Waals surface area contributed by atoms with Gasteiger partial charge in [-0.15, -0.1) is 0 Å². The monoisotopic (exact) mass is 254 g/mol. The van der Waals surface area contributed by atoms with Crippen molar-refractivity contribution in [2.75, 3.05) is 6.54 Å². The fourth-order valence-corrected chi connectivity index (χ4v) is 1.46. The first kappa shape index (κ1) is 14.1. The molecule has 1 aromatic rings. The summed E-state index contributed by atoms with van der Waals surface area (Å²) in [6.45, 7) is 3.87. The SMILES string of the molecule is CC(C)C(NC(=O)NCCc1ccco1)C(=O)O. The predicted octanol–water partition coefficient (Wildman–Crippen LogP) is 1.23. The molecule has 0 spiro atoms. The minimum Gasteiger partial charge on any atom is -0.480 e. The molecule has 18 heavy (non-hydrogen) atoms. The zero-order valence-electron chi connectivity index (χ0n) is 10.5.